The summed E-state index contributed by atoms with van der Waals surface area (Å²) in [4.78, 5) is 15.7. The SMILES string of the molecule is CCOC(=O)C(C)C1CCC(F)(F)C(c2ccncc2)C1. The fraction of sp³-hybridized carbons (Fsp3) is 0.625. The number of halogens is 2. The highest BCUT2D eigenvalue weighted by molar-refractivity contribution is 5.72. The standard InChI is InChI=1S/C16H21F2NO2/c1-3-21-15(20)11(2)13-4-7-16(17,18)14(10-13)12-5-8-19-9-6-12/h5-6,8-9,11,13-14H,3-4,7,10H2,1-2H3. The van der Waals surface area contributed by atoms with Gasteiger partial charge in [0, 0.05) is 24.7 Å². The number of rotatable bonds is 4. The van der Waals surface area contributed by atoms with Crippen molar-refractivity contribution in [1.29, 1.82) is 0 Å². The van der Waals surface area contributed by atoms with Crippen molar-refractivity contribution >= 4 is 5.97 Å². The van der Waals surface area contributed by atoms with Gasteiger partial charge in [0.05, 0.1) is 12.5 Å². The Balaban J connectivity index is 2.14. The molecule has 0 N–H and O–H groups in total. The van der Waals surface area contributed by atoms with Crippen LogP contribution in [-0.4, -0.2) is 23.5 Å². The summed E-state index contributed by atoms with van der Waals surface area (Å²) >= 11 is 0. The summed E-state index contributed by atoms with van der Waals surface area (Å²) in [5, 5.41) is 0. The number of alkyl halides is 2. The Kier molecular flexibility index (Phi) is 4.91. The minimum absolute atomic E-state index is 0.0677. The summed E-state index contributed by atoms with van der Waals surface area (Å²) in [6.45, 7) is 3.84. The van der Waals surface area contributed by atoms with Gasteiger partial charge in [0.15, 0.2) is 0 Å². The molecule has 0 saturated heterocycles. The molecule has 2 rings (SSSR count). The fourth-order valence-corrected chi connectivity index (χ4v) is 3.04. The van der Waals surface area contributed by atoms with Crippen LogP contribution in [-0.2, 0) is 9.53 Å². The van der Waals surface area contributed by atoms with E-state index in [0.29, 0.717) is 25.0 Å². The van der Waals surface area contributed by atoms with E-state index in [1.54, 1.807) is 26.0 Å². The van der Waals surface area contributed by atoms with Gasteiger partial charge >= 0.3 is 5.97 Å². The minimum Gasteiger partial charge on any atom is -0.466 e. The smallest absolute Gasteiger partial charge is 0.308 e. The van der Waals surface area contributed by atoms with Crippen LogP contribution < -0.4 is 0 Å². The van der Waals surface area contributed by atoms with E-state index in [4.69, 9.17) is 4.74 Å². The molecule has 21 heavy (non-hydrogen) atoms. The second-order valence-corrected chi connectivity index (χ2v) is 5.67. The molecule has 0 spiro atoms. The number of carbonyl (C=O) groups is 1. The van der Waals surface area contributed by atoms with E-state index >= 15 is 0 Å². The van der Waals surface area contributed by atoms with Crippen LogP contribution in [0.5, 0.6) is 0 Å². The zero-order valence-electron chi connectivity index (χ0n) is 12.4. The van der Waals surface area contributed by atoms with Gasteiger partial charge in [-0.2, -0.15) is 0 Å². The van der Waals surface area contributed by atoms with Crippen molar-refractivity contribution < 1.29 is 18.3 Å². The Labute approximate surface area is 123 Å². The quantitative estimate of drug-likeness (QED) is 0.794. The molecule has 0 radical (unpaired) electrons. The lowest BCUT2D eigenvalue weighted by atomic mass is 9.71. The third-order valence-electron chi connectivity index (χ3n) is 4.37. The molecule has 1 aliphatic rings. The number of ether oxygens (including phenoxy) is 1. The average Bonchev–Trinajstić information content (AvgIpc) is 2.47. The van der Waals surface area contributed by atoms with Crippen LogP contribution in [0.4, 0.5) is 8.78 Å². The lowest BCUT2D eigenvalue weighted by Crippen LogP contribution is -2.37. The molecule has 5 heteroatoms. The molecule has 1 aliphatic carbocycles. The van der Waals surface area contributed by atoms with E-state index in [1.807, 2.05) is 0 Å². The first-order chi connectivity index (χ1) is 9.95. The molecule has 1 aromatic rings. The van der Waals surface area contributed by atoms with Crippen molar-refractivity contribution in [2.75, 3.05) is 6.61 Å². The van der Waals surface area contributed by atoms with Gasteiger partial charge in [-0.15, -0.1) is 0 Å². The van der Waals surface area contributed by atoms with E-state index in [-0.39, 0.29) is 24.2 Å². The molecule has 1 heterocycles. The van der Waals surface area contributed by atoms with Crippen LogP contribution in [0.3, 0.4) is 0 Å². The molecule has 0 amide bonds. The summed E-state index contributed by atoms with van der Waals surface area (Å²) in [7, 11) is 0. The Bertz CT molecular complexity index is 478. The van der Waals surface area contributed by atoms with Crippen molar-refractivity contribution in [2.24, 2.45) is 11.8 Å². The number of hydrogen-bond donors (Lipinski definition) is 0. The van der Waals surface area contributed by atoms with Gasteiger partial charge in [-0.1, -0.05) is 6.92 Å². The van der Waals surface area contributed by atoms with Crippen LogP contribution >= 0.6 is 0 Å². The molecular formula is C16H21F2NO2. The Hall–Kier alpha value is -1.52. The van der Waals surface area contributed by atoms with Gasteiger partial charge in [-0.05, 0) is 43.4 Å². The van der Waals surface area contributed by atoms with Crippen molar-refractivity contribution in [3.63, 3.8) is 0 Å². The molecule has 0 aromatic carbocycles. The van der Waals surface area contributed by atoms with Crippen LogP contribution in [0, 0.1) is 11.8 Å². The maximum Gasteiger partial charge on any atom is 0.308 e. The number of aromatic nitrogens is 1. The number of nitrogens with zero attached hydrogens (tertiary/aromatic N) is 1. The molecule has 1 fully saturated rings. The van der Waals surface area contributed by atoms with Crippen LogP contribution in [0.15, 0.2) is 24.5 Å². The van der Waals surface area contributed by atoms with Crippen molar-refractivity contribution in [3.05, 3.63) is 30.1 Å². The predicted molar refractivity (Wildman–Crippen MR) is 75.1 cm³/mol. The Morgan fingerprint density at radius 2 is 2.14 bits per heavy atom. The summed E-state index contributed by atoms with van der Waals surface area (Å²) < 4.78 is 33.4. The molecule has 1 saturated carbocycles. The van der Waals surface area contributed by atoms with Gasteiger partial charge in [0.1, 0.15) is 0 Å². The fourth-order valence-electron chi connectivity index (χ4n) is 3.04. The second-order valence-electron chi connectivity index (χ2n) is 5.67. The molecule has 116 valence electrons. The molecule has 0 aliphatic heterocycles. The van der Waals surface area contributed by atoms with Gasteiger partial charge < -0.3 is 4.74 Å². The average molecular weight is 297 g/mol. The first kappa shape index (κ1) is 15.9. The number of esters is 1. The second kappa shape index (κ2) is 6.50. The molecule has 3 atom stereocenters. The van der Waals surface area contributed by atoms with Crippen molar-refractivity contribution in [3.8, 4) is 0 Å². The third kappa shape index (κ3) is 3.57. The van der Waals surface area contributed by atoms with Crippen molar-refractivity contribution in [1.82, 2.24) is 4.98 Å². The number of pyridine rings is 1. The molecule has 3 unspecified atom stereocenters. The predicted octanol–water partition coefficient (Wildman–Crippen LogP) is 3.80. The van der Waals surface area contributed by atoms with Crippen LogP contribution in [0.1, 0.15) is 44.6 Å². The van der Waals surface area contributed by atoms with Gasteiger partial charge in [-0.25, -0.2) is 8.78 Å². The number of carbonyl (C=O) groups excluding carboxylic acids is 1. The van der Waals surface area contributed by atoms with E-state index in [2.05, 4.69) is 4.98 Å². The lowest BCUT2D eigenvalue weighted by molar-refractivity contribution is -0.151. The maximum absolute atomic E-state index is 14.2. The van der Waals surface area contributed by atoms with Gasteiger partial charge in [0.25, 0.3) is 5.92 Å². The highest BCUT2D eigenvalue weighted by Gasteiger charge is 2.47. The third-order valence-corrected chi connectivity index (χ3v) is 4.37. The first-order valence-corrected chi connectivity index (χ1v) is 7.40. The van der Waals surface area contributed by atoms with Gasteiger partial charge in [0.2, 0.25) is 0 Å². The van der Waals surface area contributed by atoms with E-state index < -0.39 is 11.8 Å². The van der Waals surface area contributed by atoms with Crippen LogP contribution in [0.2, 0.25) is 0 Å². The number of hydrogen-bond acceptors (Lipinski definition) is 3. The van der Waals surface area contributed by atoms with Gasteiger partial charge in [-0.3, -0.25) is 9.78 Å². The normalized spacial score (nSPS) is 26.1. The molecular weight excluding hydrogens is 276 g/mol. The Morgan fingerprint density at radius 3 is 2.76 bits per heavy atom. The topological polar surface area (TPSA) is 39.2 Å². The first-order valence-electron chi connectivity index (χ1n) is 7.40. The minimum atomic E-state index is -2.73. The lowest BCUT2D eigenvalue weighted by Gasteiger charge is -2.38. The maximum atomic E-state index is 14.2. The molecule has 3 nitrogen and oxygen atoms in total. The monoisotopic (exact) mass is 297 g/mol. The summed E-state index contributed by atoms with van der Waals surface area (Å²) in [6, 6.07) is 3.27. The van der Waals surface area contributed by atoms with Crippen molar-refractivity contribution in [2.45, 2.75) is 45.0 Å². The largest absolute Gasteiger partial charge is 0.466 e. The van der Waals surface area contributed by atoms with Crippen LogP contribution in [0.25, 0.3) is 0 Å². The summed E-state index contributed by atoms with van der Waals surface area (Å²) in [5.41, 5.74) is 0.593. The zero-order valence-corrected chi connectivity index (χ0v) is 12.4. The van der Waals surface area contributed by atoms with E-state index in [1.165, 1.54) is 12.4 Å². The summed E-state index contributed by atoms with van der Waals surface area (Å²) in [5.74, 6) is -4.28. The van der Waals surface area contributed by atoms with E-state index in [0.717, 1.165) is 0 Å². The highest BCUT2D eigenvalue weighted by Crippen LogP contribution is 2.48. The molecule has 0 bridgehead atoms. The van der Waals surface area contributed by atoms with E-state index in [9.17, 15) is 13.6 Å². The highest BCUT2D eigenvalue weighted by atomic mass is 19.3. The zero-order chi connectivity index (χ0) is 15.5. The molecule has 1 aromatic heterocycles. The Morgan fingerprint density at radius 1 is 1.48 bits per heavy atom. The summed E-state index contributed by atoms with van der Waals surface area (Å²) in [6.07, 6.45) is 3.54.